The number of hydrogen-bond donors (Lipinski definition) is 1. The first-order valence-corrected chi connectivity index (χ1v) is 4.33. The van der Waals surface area contributed by atoms with Gasteiger partial charge in [-0.15, -0.1) is 0 Å². The Morgan fingerprint density at radius 1 is 0.600 bits per heavy atom. The lowest BCUT2D eigenvalue weighted by Crippen LogP contribution is -3.20. The molecule has 0 unspecified atom stereocenters. The van der Waals surface area contributed by atoms with Crippen LogP contribution >= 0.6 is 0 Å². The monoisotopic (exact) mass is 144 g/mol. The molecule has 10 heavy (non-hydrogen) atoms. The fraction of sp³-hybridized carbons (Fsp3) is 1.00. The van der Waals surface area contributed by atoms with E-state index >= 15 is 0 Å². The third-order valence-corrected chi connectivity index (χ3v) is 2.00. The molecule has 1 heteroatoms. The minimum atomic E-state index is 0.750. The third kappa shape index (κ3) is 2.70. The molecule has 0 spiro atoms. The van der Waals surface area contributed by atoms with E-state index in [4.69, 9.17) is 0 Å². The van der Waals surface area contributed by atoms with Crippen molar-refractivity contribution in [1.29, 1.82) is 0 Å². The lowest BCUT2D eigenvalue weighted by molar-refractivity contribution is -0.962. The molecule has 1 nitrogen and oxygen atoms in total. The summed E-state index contributed by atoms with van der Waals surface area (Å²) in [7, 11) is 0. The van der Waals surface area contributed by atoms with Gasteiger partial charge in [0, 0.05) is 0 Å². The standard InChI is InChI=1S/C9H21N/c1-7(2)10(8(3)4)9(5)6/h7-9H,1-6H3/p+1. The van der Waals surface area contributed by atoms with Crippen LogP contribution in [0.2, 0.25) is 0 Å². The normalized spacial score (nSPS) is 12.6. The number of rotatable bonds is 3. The van der Waals surface area contributed by atoms with Crippen LogP contribution < -0.4 is 4.90 Å². The van der Waals surface area contributed by atoms with E-state index in [2.05, 4.69) is 41.5 Å². The van der Waals surface area contributed by atoms with Crippen LogP contribution in [-0.2, 0) is 0 Å². The van der Waals surface area contributed by atoms with Crippen molar-refractivity contribution in [2.45, 2.75) is 59.7 Å². The van der Waals surface area contributed by atoms with Gasteiger partial charge in [-0.2, -0.15) is 0 Å². The van der Waals surface area contributed by atoms with Gasteiger partial charge in [-0.3, -0.25) is 0 Å². The molecule has 0 aliphatic carbocycles. The minimum Gasteiger partial charge on any atom is -0.329 e. The van der Waals surface area contributed by atoms with Gasteiger partial charge in [-0.05, 0) is 41.5 Å². The van der Waals surface area contributed by atoms with E-state index < -0.39 is 0 Å². The van der Waals surface area contributed by atoms with Crippen molar-refractivity contribution in [3.63, 3.8) is 0 Å². The Balaban J connectivity index is 3.98. The number of quaternary nitrogens is 1. The molecule has 0 bridgehead atoms. The maximum absolute atomic E-state index is 2.29. The van der Waals surface area contributed by atoms with Crippen LogP contribution in [0, 0.1) is 0 Å². The summed E-state index contributed by atoms with van der Waals surface area (Å²) in [6.07, 6.45) is 0. The van der Waals surface area contributed by atoms with Crippen molar-refractivity contribution in [2.75, 3.05) is 0 Å². The van der Waals surface area contributed by atoms with Crippen molar-refractivity contribution >= 4 is 0 Å². The van der Waals surface area contributed by atoms with Crippen molar-refractivity contribution in [3.05, 3.63) is 0 Å². The van der Waals surface area contributed by atoms with Crippen LogP contribution in [-0.4, -0.2) is 18.1 Å². The zero-order valence-corrected chi connectivity index (χ0v) is 8.23. The highest BCUT2D eigenvalue weighted by molar-refractivity contribution is 4.45. The highest BCUT2D eigenvalue weighted by Gasteiger charge is 2.19. The number of nitrogens with one attached hydrogen (secondary N) is 1. The molecule has 0 heterocycles. The lowest BCUT2D eigenvalue weighted by Gasteiger charge is -2.31. The van der Waals surface area contributed by atoms with Gasteiger partial charge in [-0.1, -0.05) is 0 Å². The average Bonchev–Trinajstić information content (AvgIpc) is 1.59. The van der Waals surface area contributed by atoms with Gasteiger partial charge >= 0.3 is 0 Å². The molecule has 0 aliphatic heterocycles. The predicted octanol–water partition coefficient (Wildman–Crippen LogP) is 1.10. The van der Waals surface area contributed by atoms with E-state index in [0.717, 1.165) is 18.1 Å². The first-order valence-electron chi connectivity index (χ1n) is 4.33. The van der Waals surface area contributed by atoms with E-state index in [1.54, 1.807) is 4.90 Å². The van der Waals surface area contributed by atoms with Gasteiger partial charge in [0.05, 0.1) is 18.1 Å². The van der Waals surface area contributed by atoms with E-state index in [9.17, 15) is 0 Å². The van der Waals surface area contributed by atoms with Crippen LogP contribution in [0.1, 0.15) is 41.5 Å². The second-order valence-corrected chi connectivity index (χ2v) is 3.96. The van der Waals surface area contributed by atoms with E-state index in [-0.39, 0.29) is 0 Å². The first kappa shape index (κ1) is 9.96. The van der Waals surface area contributed by atoms with Crippen LogP contribution in [0.15, 0.2) is 0 Å². The summed E-state index contributed by atoms with van der Waals surface area (Å²) >= 11 is 0. The Morgan fingerprint density at radius 2 is 0.800 bits per heavy atom. The molecule has 0 saturated heterocycles. The molecule has 0 radical (unpaired) electrons. The van der Waals surface area contributed by atoms with Gasteiger partial charge in [0.1, 0.15) is 0 Å². The molecule has 0 aromatic heterocycles. The van der Waals surface area contributed by atoms with Crippen LogP contribution in [0.5, 0.6) is 0 Å². The summed E-state index contributed by atoms with van der Waals surface area (Å²) < 4.78 is 0. The predicted molar refractivity (Wildman–Crippen MR) is 46.4 cm³/mol. The molecule has 0 amide bonds. The highest BCUT2D eigenvalue weighted by atomic mass is 15.2. The molecule has 1 N–H and O–H groups in total. The maximum atomic E-state index is 2.29. The molecule has 0 aliphatic rings. The van der Waals surface area contributed by atoms with E-state index in [1.807, 2.05) is 0 Å². The molecular formula is C9H22N+. The molecule has 0 aromatic carbocycles. The quantitative estimate of drug-likeness (QED) is 0.605. The molecule has 0 atom stereocenters. The molecule has 0 saturated carbocycles. The largest absolute Gasteiger partial charge is 0.329 e. The van der Waals surface area contributed by atoms with Crippen molar-refractivity contribution < 1.29 is 4.90 Å². The second-order valence-electron chi connectivity index (χ2n) is 3.96. The van der Waals surface area contributed by atoms with E-state index in [0.29, 0.717) is 0 Å². The fourth-order valence-corrected chi connectivity index (χ4v) is 2.00. The average molecular weight is 144 g/mol. The third-order valence-electron chi connectivity index (χ3n) is 2.00. The van der Waals surface area contributed by atoms with Gasteiger partial charge in [0.25, 0.3) is 0 Å². The van der Waals surface area contributed by atoms with Gasteiger partial charge in [-0.25, -0.2) is 0 Å². The van der Waals surface area contributed by atoms with Crippen molar-refractivity contribution in [1.82, 2.24) is 0 Å². The summed E-state index contributed by atoms with van der Waals surface area (Å²) in [5.41, 5.74) is 0. The van der Waals surface area contributed by atoms with Gasteiger partial charge in [0.15, 0.2) is 0 Å². The molecule has 0 fully saturated rings. The Kier molecular flexibility index (Phi) is 3.95. The Labute approximate surface area is 65.4 Å². The van der Waals surface area contributed by atoms with Crippen LogP contribution in [0.25, 0.3) is 0 Å². The van der Waals surface area contributed by atoms with Gasteiger partial charge < -0.3 is 4.90 Å². The molecular weight excluding hydrogens is 122 g/mol. The fourth-order valence-electron chi connectivity index (χ4n) is 2.00. The second kappa shape index (κ2) is 3.97. The van der Waals surface area contributed by atoms with E-state index in [1.165, 1.54) is 0 Å². The lowest BCUT2D eigenvalue weighted by atomic mass is 10.2. The zero-order valence-electron chi connectivity index (χ0n) is 8.23. The Bertz CT molecular complexity index is 65.7. The van der Waals surface area contributed by atoms with Crippen molar-refractivity contribution in [2.24, 2.45) is 0 Å². The molecule has 62 valence electrons. The molecule has 0 rings (SSSR count). The maximum Gasteiger partial charge on any atom is 0.0821 e. The summed E-state index contributed by atoms with van der Waals surface area (Å²) in [4.78, 5) is 1.69. The number of hydrogen-bond acceptors (Lipinski definition) is 0. The summed E-state index contributed by atoms with van der Waals surface area (Å²) in [6, 6.07) is 2.25. The van der Waals surface area contributed by atoms with Crippen molar-refractivity contribution in [3.8, 4) is 0 Å². The highest BCUT2D eigenvalue weighted by Crippen LogP contribution is 1.81. The summed E-state index contributed by atoms with van der Waals surface area (Å²) in [5.74, 6) is 0. The zero-order chi connectivity index (χ0) is 8.31. The molecule has 0 aromatic rings. The minimum absolute atomic E-state index is 0.750. The SMILES string of the molecule is CC(C)[NH+](C(C)C)C(C)C. The topological polar surface area (TPSA) is 4.44 Å². The van der Waals surface area contributed by atoms with Gasteiger partial charge in [0.2, 0.25) is 0 Å². The first-order chi connectivity index (χ1) is 4.46. The van der Waals surface area contributed by atoms with Crippen LogP contribution in [0.3, 0.4) is 0 Å². The van der Waals surface area contributed by atoms with Crippen LogP contribution in [0.4, 0.5) is 0 Å². The summed E-state index contributed by atoms with van der Waals surface area (Å²) in [5, 5.41) is 0. The smallest absolute Gasteiger partial charge is 0.0821 e. The Hall–Kier alpha value is -0.0400. The Morgan fingerprint density at radius 3 is 0.800 bits per heavy atom. The summed E-state index contributed by atoms with van der Waals surface area (Å²) in [6.45, 7) is 13.7.